The second-order valence-corrected chi connectivity index (χ2v) is 6.92. The van der Waals surface area contributed by atoms with Crippen LogP contribution in [0.25, 0.3) is 10.9 Å². The van der Waals surface area contributed by atoms with Gasteiger partial charge in [0.25, 0.3) is 5.91 Å². The molecule has 3 aromatic rings. The summed E-state index contributed by atoms with van der Waals surface area (Å²) in [5.74, 6) is 0.0646. The van der Waals surface area contributed by atoms with Gasteiger partial charge in [0.1, 0.15) is 6.04 Å². The Kier molecular flexibility index (Phi) is 3.00. The molecule has 124 valence electrons. The molecule has 0 unspecified atom stereocenters. The lowest BCUT2D eigenvalue weighted by Gasteiger charge is -2.37. The third-order valence-corrected chi connectivity index (χ3v) is 5.74. The first-order valence-corrected chi connectivity index (χ1v) is 8.67. The number of aromatic nitrogens is 2. The minimum absolute atomic E-state index is 0.0646. The van der Waals surface area contributed by atoms with E-state index in [9.17, 15) is 4.79 Å². The zero-order valence-electron chi connectivity index (χ0n) is 13.6. The molecule has 1 fully saturated rings. The van der Waals surface area contributed by atoms with Crippen LogP contribution in [0.3, 0.4) is 0 Å². The molecule has 1 amide bonds. The van der Waals surface area contributed by atoms with Gasteiger partial charge in [-0.05, 0) is 35.5 Å². The number of amides is 1. The molecule has 25 heavy (non-hydrogen) atoms. The van der Waals surface area contributed by atoms with Crippen molar-refractivity contribution in [3.8, 4) is 0 Å². The van der Waals surface area contributed by atoms with Crippen LogP contribution in [0.2, 0.25) is 0 Å². The first kappa shape index (κ1) is 14.6. The van der Waals surface area contributed by atoms with Gasteiger partial charge in [-0.2, -0.15) is 0 Å². The number of para-hydroxylation sites is 1. The molecule has 0 bridgehead atoms. The Labute approximate surface area is 150 Å². The fourth-order valence-electron chi connectivity index (χ4n) is 4.09. The Morgan fingerprint density at radius 2 is 2.08 bits per heavy atom. The molecule has 2 atom stereocenters. The highest BCUT2D eigenvalue weighted by Gasteiger charge is 2.49. The first-order chi connectivity index (χ1) is 12.2. The largest absolute Gasteiger partial charge is 0.356 e. The summed E-state index contributed by atoms with van der Waals surface area (Å²) in [6.45, 7) is 0. The van der Waals surface area contributed by atoms with Crippen molar-refractivity contribution in [3.05, 3.63) is 65.6 Å². The lowest BCUT2D eigenvalue weighted by molar-refractivity contribution is -0.127. The van der Waals surface area contributed by atoms with E-state index in [1.54, 1.807) is 18.1 Å². The number of carbonyl (C=O) groups is 1. The summed E-state index contributed by atoms with van der Waals surface area (Å²) in [4.78, 5) is 24.3. The van der Waals surface area contributed by atoms with E-state index in [1.807, 2.05) is 30.5 Å². The molecule has 1 N–H and O–H groups in total. The van der Waals surface area contributed by atoms with Gasteiger partial charge < -0.3 is 9.88 Å². The van der Waals surface area contributed by atoms with E-state index in [0.717, 1.165) is 16.8 Å². The van der Waals surface area contributed by atoms with Crippen LogP contribution >= 0.6 is 12.2 Å². The molecule has 0 radical (unpaired) electrons. The molecule has 4 heterocycles. The minimum atomic E-state index is -0.255. The van der Waals surface area contributed by atoms with Gasteiger partial charge in [-0.1, -0.05) is 24.3 Å². The number of likely N-dealkylation sites (N-methyl/N-ethyl adjacent to an activating group) is 1. The lowest BCUT2D eigenvalue weighted by Crippen LogP contribution is -2.44. The van der Waals surface area contributed by atoms with E-state index in [4.69, 9.17) is 12.2 Å². The molecular formula is C19H16N4OS. The standard InChI is InChI=1S/C19H16N4OS/c1-22-18(24)15-9-13-12-6-2-3-7-14(12)21-16(13)17(23(15)19(22)25)11-5-4-8-20-10-11/h2-8,10,15,17,21H,9H2,1H3/t15-,17+/m1/s1. The number of carbonyl (C=O) groups excluding carboxylic acids is 1. The number of aromatic amines is 1. The second-order valence-electron chi connectivity index (χ2n) is 6.56. The fourth-order valence-corrected chi connectivity index (χ4v) is 4.41. The van der Waals surface area contributed by atoms with Gasteiger partial charge in [0.15, 0.2) is 5.11 Å². The Bertz CT molecular complexity index is 1010. The predicted molar refractivity (Wildman–Crippen MR) is 99.1 cm³/mol. The number of hydrogen-bond acceptors (Lipinski definition) is 3. The number of rotatable bonds is 1. The van der Waals surface area contributed by atoms with Crippen LogP contribution in [-0.2, 0) is 11.2 Å². The van der Waals surface area contributed by atoms with Crippen molar-refractivity contribution in [2.75, 3.05) is 7.05 Å². The number of pyridine rings is 1. The van der Waals surface area contributed by atoms with Crippen LogP contribution in [0.1, 0.15) is 22.9 Å². The second kappa shape index (κ2) is 5.13. The van der Waals surface area contributed by atoms with Gasteiger partial charge >= 0.3 is 0 Å². The highest BCUT2D eigenvalue weighted by molar-refractivity contribution is 7.80. The Hall–Kier alpha value is -2.73. The number of benzene rings is 1. The van der Waals surface area contributed by atoms with Crippen LogP contribution in [0.5, 0.6) is 0 Å². The average Bonchev–Trinajstić information content (AvgIpc) is 3.12. The monoisotopic (exact) mass is 348 g/mol. The maximum absolute atomic E-state index is 12.8. The molecule has 5 rings (SSSR count). The van der Waals surface area contributed by atoms with Crippen LogP contribution in [0.4, 0.5) is 0 Å². The van der Waals surface area contributed by atoms with Crippen molar-refractivity contribution < 1.29 is 4.79 Å². The van der Waals surface area contributed by atoms with Crippen LogP contribution in [-0.4, -0.2) is 43.9 Å². The molecule has 0 spiro atoms. The van der Waals surface area contributed by atoms with Crippen LogP contribution < -0.4 is 0 Å². The lowest BCUT2D eigenvalue weighted by atomic mass is 9.89. The molecule has 0 aliphatic carbocycles. The van der Waals surface area contributed by atoms with Gasteiger partial charge in [-0.3, -0.25) is 14.7 Å². The summed E-state index contributed by atoms with van der Waals surface area (Å²) >= 11 is 5.60. The molecule has 2 aliphatic rings. The molecule has 5 nitrogen and oxygen atoms in total. The Morgan fingerprint density at radius 1 is 1.24 bits per heavy atom. The van der Waals surface area contributed by atoms with Crippen molar-refractivity contribution >= 4 is 34.1 Å². The number of H-pyrrole nitrogens is 1. The van der Waals surface area contributed by atoms with Gasteiger partial charge in [-0.15, -0.1) is 0 Å². The van der Waals surface area contributed by atoms with E-state index < -0.39 is 0 Å². The predicted octanol–water partition coefficient (Wildman–Crippen LogP) is 2.64. The minimum Gasteiger partial charge on any atom is -0.356 e. The van der Waals surface area contributed by atoms with Crippen molar-refractivity contribution in [2.24, 2.45) is 0 Å². The van der Waals surface area contributed by atoms with E-state index in [2.05, 4.69) is 27.0 Å². The highest BCUT2D eigenvalue weighted by atomic mass is 32.1. The third kappa shape index (κ3) is 1.91. The summed E-state index contributed by atoms with van der Waals surface area (Å²) in [5, 5.41) is 1.76. The third-order valence-electron chi connectivity index (χ3n) is 5.26. The SMILES string of the molecule is CN1C(=O)[C@H]2Cc3c([nH]c4ccccc34)[C@H](c3cccnc3)N2C1=S. The highest BCUT2D eigenvalue weighted by Crippen LogP contribution is 2.43. The van der Waals surface area contributed by atoms with Crippen molar-refractivity contribution in [1.29, 1.82) is 0 Å². The molecule has 2 aliphatic heterocycles. The molecular weight excluding hydrogens is 332 g/mol. The quantitative estimate of drug-likeness (QED) is 0.687. The molecule has 6 heteroatoms. The van der Waals surface area contributed by atoms with E-state index >= 15 is 0 Å². The Balaban J connectivity index is 1.79. The molecule has 2 aromatic heterocycles. The van der Waals surface area contributed by atoms with Crippen LogP contribution in [0.15, 0.2) is 48.8 Å². The van der Waals surface area contributed by atoms with Gasteiger partial charge in [-0.25, -0.2) is 0 Å². The van der Waals surface area contributed by atoms with Crippen molar-refractivity contribution in [3.63, 3.8) is 0 Å². The Morgan fingerprint density at radius 3 is 2.88 bits per heavy atom. The number of thiocarbonyl (C=S) groups is 1. The molecule has 0 saturated carbocycles. The number of fused-ring (bicyclic) bond motifs is 4. The summed E-state index contributed by atoms with van der Waals surface area (Å²) in [6.07, 6.45) is 4.28. The molecule has 1 aromatic carbocycles. The summed E-state index contributed by atoms with van der Waals surface area (Å²) in [7, 11) is 1.76. The van der Waals surface area contributed by atoms with Crippen molar-refractivity contribution in [2.45, 2.75) is 18.5 Å². The molecule has 1 saturated heterocycles. The van der Waals surface area contributed by atoms with Gasteiger partial charge in [0.2, 0.25) is 0 Å². The topological polar surface area (TPSA) is 52.2 Å². The summed E-state index contributed by atoms with van der Waals surface area (Å²) < 4.78 is 0. The van der Waals surface area contributed by atoms with E-state index in [1.165, 1.54) is 10.9 Å². The van der Waals surface area contributed by atoms with Crippen LogP contribution in [0, 0.1) is 0 Å². The van der Waals surface area contributed by atoms with E-state index in [0.29, 0.717) is 11.5 Å². The maximum atomic E-state index is 12.8. The normalized spacial score (nSPS) is 22.4. The average molecular weight is 348 g/mol. The van der Waals surface area contributed by atoms with E-state index in [-0.39, 0.29) is 18.0 Å². The van der Waals surface area contributed by atoms with Gasteiger partial charge in [0.05, 0.1) is 6.04 Å². The smallest absolute Gasteiger partial charge is 0.251 e. The maximum Gasteiger partial charge on any atom is 0.251 e. The zero-order chi connectivity index (χ0) is 17.1. The fraction of sp³-hybridized carbons (Fsp3) is 0.211. The van der Waals surface area contributed by atoms with Gasteiger partial charge in [0, 0.05) is 42.5 Å². The number of nitrogens with one attached hydrogen (secondary N) is 1. The number of nitrogens with zero attached hydrogens (tertiary/aromatic N) is 3. The first-order valence-electron chi connectivity index (χ1n) is 8.26. The van der Waals surface area contributed by atoms with Crippen molar-refractivity contribution in [1.82, 2.24) is 19.8 Å². The summed E-state index contributed by atoms with van der Waals surface area (Å²) in [5.41, 5.74) is 4.44. The number of hydrogen-bond donors (Lipinski definition) is 1. The summed E-state index contributed by atoms with van der Waals surface area (Å²) in [6, 6.07) is 11.8. The zero-order valence-corrected chi connectivity index (χ0v) is 14.5.